The van der Waals surface area contributed by atoms with Gasteiger partial charge in [-0.1, -0.05) is 34.7 Å². The lowest BCUT2D eigenvalue weighted by molar-refractivity contribution is -0.115. The Bertz CT molecular complexity index is 743. The maximum Gasteiger partial charge on any atom is 0.237 e. The number of carbonyl (C=O) groups excluding carboxylic acids is 1. The van der Waals surface area contributed by atoms with Gasteiger partial charge in [0.1, 0.15) is 6.07 Å². The maximum absolute atomic E-state index is 12.2. The number of carbonyl (C=O) groups is 1. The molecule has 0 aliphatic rings. The highest BCUT2D eigenvalue weighted by molar-refractivity contribution is 8.02. The summed E-state index contributed by atoms with van der Waals surface area (Å²) in [7, 11) is 0. The van der Waals surface area contributed by atoms with Gasteiger partial charge in [-0.2, -0.15) is 5.26 Å². The fourth-order valence-electron chi connectivity index (χ4n) is 1.61. The van der Waals surface area contributed by atoms with Crippen molar-refractivity contribution in [1.29, 1.82) is 5.26 Å². The normalized spacial score (nSPS) is 11.6. The molecule has 2 N–H and O–H groups in total. The minimum absolute atomic E-state index is 0.170. The van der Waals surface area contributed by atoms with Gasteiger partial charge in [0.15, 0.2) is 4.34 Å². The molecule has 6 nitrogen and oxygen atoms in total. The Morgan fingerprint density at radius 1 is 1.52 bits per heavy atom. The van der Waals surface area contributed by atoms with Crippen LogP contribution in [0.3, 0.4) is 0 Å². The van der Waals surface area contributed by atoms with E-state index in [0.29, 0.717) is 16.3 Å². The lowest BCUT2D eigenvalue weighted by atomic mass is 10.2. The number of thioether (sulfide) groups is 1. The summed E-state index contributed by atoms with van der Waals surface area (Å²) in [6.07, 6.45) is 0. The van der Waals surface area contributed by atoms with E-state index < -0.39 is 0 Å². The molecular weight excluding hydrogens is 354 g/mol. The minimum atomic E-state index is -0.341. The zero-order chi connectivity index (χ0) is 16.8. The third kappa shape index (κ3) is 4.82. The lowest BCUT2D eigenvalue weighted by Crippen LogP contribution is -2.22. The molecule has 0 fully saturated rings. The van der Waals surface area contributed by atoms with Crippen molar-refractivity contribution in [3.05, 3.63) is 28.8 Å². The molecule has 2 rings (SSSR count). The van der Waals surface area contributed by atoms with Crippen molar-refractivity contribution >= 4 is 51.4 Å². The summed E-state index contributed by atoms with van der Waals surface area (Å²) in [6.45, 7) is 4.54. The van der Waals surface area contributed by atoms with Crippen LogP contribution >= 0.6 is 34.7 Å². The molecule has 1 heterocycles. The van der Waals surface area contributed by atoms with Crippen molar-refractivity contribution in [3.8, 4) is 6.07 Å². The molecule has 0 aliphatic carbocycles. The molecule has 0 radical (unpaired) electrons. The molecule has 1 amide bonds. The number of hydrogen-bond donors (Lipinski definition) is 2. The van der Waals surface area contributed by atoms with E-state index in [0.717, 1.165) is 16.0 Å². The second kappa shape index (κ2) is 8.15. The second-order valence-corrected chi connectivity index (χ2v) is 7.43. The Labute approximate surface area is 147 Å². The van der Waals surface area contributed by atoms with Crippen LogP contribution in [0, 0.1) is 11.3 Å². The number of hydrogen-bond acceptors (Lipinski definition) is 7. The summed E-state index contributed by atoms with van der Waals surface area (Å²) >= 11 is 8.70. The number of aromatic nitrogens is 2. The molecule has 0 saturated heterocycles. The van der Waals surface area contributed by atoms with E-state index in [2.05, 4.69) is 20.8 Å². The highest BCUT2D eigenvalue weighted by atomic mass is 35.5. The molecule has 120 valence electrons. The average molecular weight is 368 g/mol. The van der Waals surface area contributed by atoms with Crippen LogP contribution < -0.4 is 10.6 Å². The van der Waals surface area contributed by atoms with Crippen LogP contribution in [0.1, 0.15) is 19.4 Å². The minimum Gasteiger partial charge on any atom is -0.360 e. The lowest BCUT2D eigenvalue weighted by Gasteiger charge is -2.10. The fourth-order valence-corrected chi connectivity index (χ4v) is 3.80. The standard InChI is InChI=1S/C14H14ClN5OS2/c1-3-17-13-19-20-14(23-13)22-8(2)12(21)18-10-5-4-9(7-16)11(15)6-10/h4-6,8H,3H2,1-2H3,(H,17,19)(H,18,21). The third-order valence-electron chi connectivity index (χ3n) is 2.74. The zero-order valence-electron chi connectivity index (χ0n) is 12.5. The summed E-state index contributed by atoms with van der Waals surface area (Å²) in [5.41, 5.74) is 0.925. The van der Waals surface area contributed by atoms with Gasteiger partial charge in [0.2, 0.25) is 11.0 Å². The van der Waals surface area contributed by atoms with Gasteiger partial charge in [0.05, 0.1) is 15.8 Å². The number of nitriles is 1. The quantitative estimate of drug-likeness (QED) is 0.758. The van der Waals surface area contributed by atoms with Crippen LogP contribution in [0.25, 0.3) is 0 Å². The van der Waals surface area contributed by atoms with Crippen LogP contribution in [-0.4, -0.2) is 27.9 Å². The Morgan fingerprint density at radius 2 is 2.30 bits per heavy atom. The molecule has 0 saturated carbocycles. The number of nitrogens with one attached hydrogen (secondary N) is 2. The third-order valence-corrected chi connectivity index (χ3v) is 5.12. The Balaban J connectivity index is 1.96. The molecule has 23 heavy (non-hydrogen) atoms. The number of halogens is 1. The summed E-state index contributed by atoms with van der Waals surface area (Å²) in [6, 6.07) is 6.75. The van der Waals surface area contributed by atoms with E-state index in [9.17, 15) is 4.79 Å². The van der Waals surface area contributed by atoms with Gasteiger partial charge in [-0.15, -0.1) is 10.2 Å². The first kappa shape index (κ1) is 17.5. The molecule has 1 unspecified atom stereocenters. The second-order valence-electron chi connectivity index (χ2n) is 4.46. The van der Waals surface area contributed by atoms with Crippen molar-refractivity contribution in [2.45, 2.75) is 23.4 Å². The number of nitrogens with zero attached hydrogens (tertiary/aromatic N) is 3. The molecule has 0 aliphatic heterocycles. The molecular formula is C14H14ClN5OS2. The molecule has 1 aromatic carbocycles. The fraction of sp³-hybridized carbons (Fsp3) is 0.286. The predicted octanol–water partition coefficient (Wildman–Crippen LogP) is 3.61. The number of benzene rings is 1. The average Bonchev–Trinajstić information content (AvgIpc) is 2.95. The maximum atomic E-state index is 12.2. The monoisotopic (exact) mass is 367 g/mol. The first-order valence-corrected chi connectivity index (χ1v) is 8.85. The van der Waals surface area contributed by atoms with Crippen molar-refractivity contribution in [1.82, 2.24) is 10.2 Å². The SMILES string of the molecule is CCNc1nnc(SC(C)C(=O)Nc2ccc(C#N)c(Cl)c2)s1. The van der Waals surface area contributed by atoms with Crippen LogP contribution in [0.5, 0.6) is 0 Å². The molecule has 1 atom stereocenters. The molecule has 0 spiro atoms. The summed E-state index contributed by atoms with van der Waals surface area (Å²) in [5.74, 6) is -0.170. The van der Waals surface area contributed by atoms with E-state index >= 15 is 0 Å². The van der Waals surface area contributed by atoms with Crippen molar-refractivity contribution in [2.75, 3.05) is 17.2 Å². The van der Waals surface area contributed by atoms with Crippen LogP contribution in [0.2, 0.25) is 5.02 Å². The van der Waals surface area contributed by atoms with E-state index in [1.165, 1.54) is 23.1 Å². The Hall–Kier alpha value is -1.82. The number of anilines is 2. The van der Waals surface area contributed by atoms with Gasteiger partial charge < -0.3 is 10.6 Å². The van der Waals surface area contributed by atoms with E-state index in [4.69, 9.17) is 16.9 Å². The first-order valence-electron chi connectivity index (χ1n) is 6.78. The van der Waals surface area contributed by atoms with Gasteiger partial charge in [-0.25, -0.2) is 0 Å². The smallest absolute Gasteiger partial charge is 0.237 e. The molecule has 9 heteroatoms. The van der Waals surface area contributed by atoms with Crippen LogP contribution in [-0.2, 0) is 4.79 Å². The molecule has 1 aromatic heterocycles. The highest BCUT2D eigenvalue weighted by Crippen LogP contribution is 2.29. The van der Waals surface area contributed by atoms with Gasteiger partial charge in [0, 0.05) is 12.2 Å². The topological polar surface area (TPSA) is 90.7 Å². The highest BCUT2D eigenvalue weighted by Gasteiger charge is 2.17. The summed E-state index contributed by atoms with van der Waals surface area (Å²) in [5, 5.41) is 23.4. The summed E-state index contributed by atoms with van der Waals surface area (Å²) in [4.78, 5) is 12.2. The summed E-state index contributed by atoms with van der Waals surface area (Å²) < 4.78 is 0.724. The molecule has 2 aromatic rings. The Morgan fingerprint density at radius 3 is 2.96 bits per heavy atom. The van der Waals surface area contributed by atoms with Crippen LogP contribution in [0.15, 0.2) is 22.5 Å². The van der Waals surface area contributed by atoms with Crippen molar-refractivity contribution in [3.63, 3.8) is 0 Å². The zero-order valence-corrected chi connectivity index (χ0v) is 14.8. The van der Waals surface area contributed by atoms with Crippen LogP contribution in [0.4, 0.5) is 10.8 Å². The number of amides is 1. The molecule has 0 bridgehead atoms. The largest absolute Gasteiger partial charge is 0.360 e. The van der Waals surface area contributed by atoms with Gasteiger partial charge >= 0.3 is 0 Å². The Kier molecular flexibility index (Phi) is 6.21. The first-order chi connectivity index (χ1) is 11.0. The van der Waals surface area contributed by atoms with Gasteiger partial charge in [-0.3, -0.25) is 4.79 Å². The van der Waals surface area contributed by atoms with Crippen molar-refractivity contribution < 1.29 is 4.79 Å². The van der Waals surface area contributed by atoms with E-state index in [1.807, 2.05) is 13.0 Å². The van der Waals surface area contributed by atoms with E-state index in [-0.39, 0.29) is 11.2 Å². The van der Waals surface area contributed by atoms with Gasteiger partial charge in [0.25, 0.3) is 0 Å². The predicted molar refractivity (Wildman–Crippen MR) is 94.2 cm³/mol. The number of rotatable bonds is 6. The van der Waals surface area contributed by atoms with Crippen molar-refractivity contribution in [2.24, 2.45) is 0 Å². The van der Waals surface area contributed by atoms with Gasteiger partial charge in [-0.05, 0) is 32.0 Å². The van der Waals surface area contributed by atoms with E-state index in [1.54, 1.807) is 25.1 Å².